The fourth-order valence-electron chi connectivity index (χ4n) is 3.23. The minimum atomic E-state index is -0.571. The molecule has 0 saturated carbocycles. The molecule has 1 saturated heterocycles. The lowest BCUT2D eigenvalue weighted by Crippen LogP contribution is -2.33. The van der Waals surface area contributed by atoms with E-state index in [0.29, 0.717) is 28.4 Å². The van der Waals surface area contributed by atoms with Crippen LogP contribution in [-0.4, -0.2) is 59.9 Å². The summed E-state index contributed by atoms with van der Waals surface area (Å²) in [5, 5.41) is 6.94. The van der Waals surface area contributed by atoms with Crippen LogP contribution in [0.25, 0.3) is 16.8 Å². The highest BCUT2D eigenvalue weighted by Gasteiger charge is 2.32. The van der Waals surface area contributed by atoms with E-state index >= 15 is 0 Å². The fourth-order valence-corrected chi connectivity index (χ4v) is 3.23. The molecule has 1 aliphatic heterocycles. The lowest BCUT2D eigenvalue weighted by molar-refractivity contribution is -0.119. The van der Waals surface area contributed by atoms with Gasteiger partial charge in [0.25, 0.3) is 0 Å². The second kappa shape index (κ2) is 8.58. The number of rotatable bonds is 5. The van der Waals surface area contributed by atoms with Crippen LogP contribution in [0.15, 0.2) is 36.5 Å². The minimum absolute atomic E-state index is 0. The number of nitrogens with zero attached hydrogens (tertiary/aromatic N) is 5. The molecule has 2 aromatic heterocycles. The highest BCUT2D eigenvalue weighted by molar-refractivity contribution is 5.90. The van der Waals surface area contributed by atoms with Crippen LogP contribution < -0.4 is 15.1 Å². The summed E-state index contributed by atoms with van der Waals surface area (Å²) >= 11 is 0. The fraction of sp³-hybridized carbons (Fsp3) is 0.333. The Morgan fingerprint density at radius 3 is 2.77 bits per heavy atom. The Hall–Kier alpha value is -3.69. The summed E-state index contributed by atoms with van der Waals surface area (Å²) in [5.74, 6) is -0.117. The van der Waals surface area contributed by atoms with Crippen molar-refractivity contribution in [3.05, 3.63) is 42.3 Å². The lowest BCUT2D eigenvalue weighted by Gasteiger charge is -2.14. The van der Waals surface area contributed by atoms with Gasteiger partial charge >= 0.3 is 6.09 Å². The summed E-state index contributed by atoms with van der Waals surface area (Å²) in [7, 11) is 3.69. The van der Waals surface area contributed by atoms with Crippen LogP contribution >= 0.6 is 0 Å². The van der Waals surface area contributed by atoms with Crippen molar-refractivity contribution in [3.8, 4) is 11.1 Å². The third kappa shape index (κ3) is 4.42. The Balaban J connectivity index is 0.00000272. The van der Waals surface area contributed by atoms with E-state index in [1.54, 1.807) is 39.9 Å². The number of aromatic nitrogens is 3. The van der Waals surface area contributed by atoms with Crippen molar-refractivity contribution in [2.24, 2.45) is 0 Å². The number of ether oxygens (including phenoxy) is 1. The van der Waals surface area contributed by atoms with Crippen molar-refractivity contribution in [3.63, 3.8) is 0 Å². The highest BCUT2D eigenvalue weighted by Crippen LogP contribution is 2.29. The van der Waals surface area contributed by atoms with Gasteiger partial charge in [-0.05, 0) is 35.9 Å². The number of carbonyl (C=O) groups is 2. The quantitative estimate of drug-likeness (QED) is 0.672. The second-order valence-corrected chi connectivity index (χ2v) is 7.24. The van der Waals surface area contributed by atoms with Crippen molar-refractivity contribution < 1.29 is 18.7 Å². The van der Waals surface area contributed by atoms with E-state index < -0.39 is 18.0 Å². The summed E-state index contributed by atoms with van der Waals surface area (Å²) in [6, 6.07) is 8.10. The zero-order chi connectivity index (χ0) is 21.4. The van der Waals surface area contributed by atoms with Crippen molar-refractivity contribution in [2.75, 3.05) is 37.0 Å². The molecule has 4 rings (SSSR count). The first-order valence-electron chi connectivity index (χ1n) is 9.38. The van der Waals surface area contributed by atoms with Gasteiger partial charge in [-0.25, -0.2) is 13.7 Å². The van der Waals surface area contributed by atoms with Gasteiger partial charge in [-0.1, -0.05) is 7.43 Å². The maximum absolute atomic E-state index is 14.9. The normalized spacial score (nSPS) is 15.5. The molecule has 1 aliphatic rings. The summed E-state index contributed by atoms with van der Waals surface area (Å²) in [6.07, 6.45) is 0.673. The minimum Gasteiger partial charge on any atom is -0.442 e. The monoisotopic (exact) mass is 428 g/mol. The van der Waals surface area contributed by atoms with Gasteiger partial charge in [-0.2, -0.15) is 4.98 Å². The van der Waals surface area contributed by atoms with E-state index in [2.05, 4.69) is 15.4 Å². The molecule has 10 heteroatoms. The van der Waals surface area contributed by atoms with E-state index in [-0.39, 0.29) is 26.4 Å². The van der Waals surface area contributed by atoms with Crippen LogP contribution in [0.5, 0.6) is 0 Å². The van der Waals surface area contributed by atoms with Crippen LogP contribution in [0, 0.1) is 5.82 Å². The van der Waals surface area contributed by atoms with Crippen molar-refractivity contribution in [2.45, 2.75) is 20.5 Å². The number of halogens is 1. The predicted molar refractivity (Wildman–Crippen MR) is 116 cm³/mol. The second-order valence-electron chi connectivity index (χ2n) is 7.24. The topological polar surface area (TPSA) is 92.1 Å². The summed E-state index contributed by atoms with van der Waals surface area (Å²) in [4.78, 5) is 30.7. The predicted octanol–water partition coefficient (Wildman–Crippen LogP) is 2.70. The van der Waals surface area contributed by atoms with Gasteiger partial charge in [0.2, 0.25) is 11.9 Å². The Morgan fingerprint density at radius 2 is 2.10 bits per heavy atom. The number of carbonyl (C=O) groups excluding carboxylic acids is 2. The number of pyridine rings is 1. The average molecular weight is 428 g/mol. The van der Waals surface area contributed by atoms with E-state index in [9.17, 15) is 14.0 Å². The molecule has 1 fully saturated rings. The van der Waals surface area contributed by atoms with E-state index in [1.807, 2.05) is 14.1 Å². The largest absolute Gasteiger partial charge is 0.442 e. The molecule has 0 unspecified atom stereocenters. The summed E-state index contributed by atoms with van der Waals surface area (Å²) in [5.41, 5.74) is 2.03. The third-order valence-corrected chi connectivity index (χ3v) is 4.75. The molecule has 0 radical (unpaired) electrons. The molecule has 0 spiro atoms. The molecule has 1 aromatic carbocycles. The highest BCUT2D eigenvalue weighted by atomic mass is 19.1. The number of benzene rings is 1. The first-order valence-corrected chi connectivity index (χ1v) is 9.38. The van der Waals surface area contributed by atoms with E-state index in [0.717, 1.165) is 0 Å². The Kier molecular flexibility index (Phi) is 6.09. The zero-order valence-electron chi connectivity index (χ0n) is 16.8. The average Bonchev–Trinajstić information content (AvgIpc) is 3.29. The van der Waals surface area contributed by atoms with Gasteiger partial charge in [-0.3, -0.25) is 9.69 Å². The van der Waals surface area contributed by atoms with Crippen molar-refractivity contribution >= 4 is 29.3 Å². The van der Waals surface area contributed by atoms with Gasteiger partial charge < -0.3 is 15.0 Å². The van der Waals surface area contributed by atoms with Gasteiger partial charge in [0, 0.05) is 32.8 Å². The molecular weight excluding hydrogens is 403 g/mol. The van der Waals surface area contributed by atoms with Crippen LogP contribution in [0.2, 0.25) is 0 Å². The summed E-state index contributed by atoms with van der Waals surface area (Å²) in [6.45, 7) is 1.84. The van der Waals surface area contributed by atoms with Crippen LogP contribution in [0.1, 0.15) is 14.4 Å². The summed E-state index contributed by atoms with van der Waals surface area (Å²) < 4.78 is 21.8. The van der Waals surface area contributed by atoms with Crippen LogP contribution in [0.3, 0.4) is 0 Å². The molecule has 0 aliphatic carbocycles. The number of anilines is 2. The first kappa shape index (κ1) is 22.0. The number of nitrogens with one attached hydrogen (secondary N) is 1. The van der Waals surface area contributed by atoms with Crippen molar-refractivity contribution in [1.29, 1.82) is 0 Å². The van der Waals surface area contributed by atoms with E-state index in [1.165, 1.54) is 17.9 Å². The molecule has 164 valence electrons. The molecule has 9 nitrogen and oxygen atoms in total. The maximum Gasteiger partial charge on any atom is 0.414 e. The van der Waals surface area contributed by atoms with E-state index in [4.69, 9.17) is 4.74 Å². The first-order chi connectivity index (χ1) is 14.3. The number of fused-ring (bicyclic) bond motifs is 1. The molecule has 1 N–H and O–H groups in total. The van der Waals surface area contributed by atoms with Gasteiger partial charge in [0.05, 0.1) is 18.8 Å². The molecule has 1 atom stereocenters. The van der Waals surface area contributed by atoms with Crippen LogP contribution in [0.4, 0.5) is 20.8 Å². The van der Waals surface area contributed by atoms with Crippen molar-refractivity contribution in [1.82, 2.24) is 19.9 Å². The molecule has 2 amide bonds. The molecule has 31 heavy (non-hydrogen) atoms. The maximum atomic E-state index is 14.9. The number of amides is 2. The molecule has 3 heterocycles. The SMILES string of the molecule is C.CC(=O)NC[C@H]1CN(c2ccc(-c3ccn4nc(N(C)C)nc4c3)c(F)c2)C(=O)O1. The Morgan fingerprint density at radius 1 is 1.32 bits per heavy atom. The van der Waals surface area contributed by atoms with Gasteiger partial charge in [-0.15, -0.1) is 5.10 Å². The zero-order valence-corrected chi connectivity index (χ0v) is 16.8. The van der Waals surface area contributed by atoms with Gasteiger partial charge in [0.15, 0.2) is 5.65 Å². The smallest absolute Gasteiger partial charge is 0.414 e. The number of cyclic esters (lactones) is 1. The Labute approximate surface area is 179 Å². The lowest BCUT2D eigenvalue weighted by atomic mass is 10.1. The van der Waals surface area contributed by atoms with Crippen LogP contribution in [-0.2, 0) is 9.53 Å². The standard InChI is InChI=1S/C20H21FN6O3.CH4/c1-12(28)22-10-15-11-26(20(29)30-15)14-4-5-16(17(21)9-14)13-6-7-27-18(8-13)23-19(24-27)25(2)3;/h4-9,15H,10-11H2,1-3H3,(H,22,28);1H4/t15-;/m0./s1. The molecule has 0 bridgehead atoms. The van der Waals surface area contributed by atoms with Gasteiger partial charge in [0.1, 0.15) is 11.9 Å². The number of hydrogen-bond acceptors (Lipinski definition) is 6. The molecular formula is C21H25FN6O3. The third-order valence-electron chi connectivity index (χ3n) is 4.75. The number of hydrogen-bond donors (Lipinski definition) is 1. The molecule has 3 aromatic rings. The Bertz CT molecular complexity index is 1130.